The summed E-state index contributed by atoms with van der Waals surface area (Å²) in [4.78, 5) is 41.9. The molecule has 0 saturated carbocycles. The van der Waals surface area contributed by atoms with Gasteiger partial charge in [-0.25, -0.2) is 9.59 Å². The van der Waals surface area contributed by atoms with E-state index < -0.39 is 23.1 Å². The SMILES string of the molecule is CC(C)/C(=C\C(=O)OOOC(C)(C)C)C(=O)OOOC(C)(C)C. The van der Waals surface area contributed by atoms with E-state index in [0.29, 0.717) is 0 Å². The van der Waals surface area contributed by atoms with Crippen molar-refractivity contribution in [1.82, 2.24) is 0 Å². The maximum atomic E-state index is 11.9. The van der Waals surface area contributed by atoms with E-state index in [4.69, 9.17) is 9.78 Å². The Hall–Kier alpha value is -1.48. The van der Waals surface area contributed by atoms with Crippen LogP contribution in [0, 0.1) is 5.92 Å². The van der Waals surface area contributed by atoms with Crippen molar-refractivity contribution < 1.29 is 39.2 Å². The van der Waals surface area contributed by atoms with Gasteiger partial charge < -0.3 is 0 Å². The van der Waals surface area contributed by atoms with Crippen LogP contribution in [0.2, 0.25) is 0 Å². The molecule has 134 valence electrons. The lowest BCUT2D eigenvalue weighted by Gasteiger charge is -2.16. The molecule has 0 N–H and O–H groups in total. The van der Waals surface area contributed by atoms with Gasteiger partial charge in [0.1, 0.15) is 0 Å². The average molecular weight is 334 g/mol. The van der Waals surface area contributed by atoms with Crippen LogP contribution in [0.15, 0.2) is 11.6 Å². The van der Waals surface area contributed by atoms with Crippen molar-refractivity contribution in [3.63, 3.8) is 0 Å². The quantitative estimate of drug-likeness (QED) is 0.399. The van der Waals surface area contributed by atoms with Crippen LogP contribution in [0.3, 0.4) is 0 Å². The van der Waals surface area contributed by atoms with Gasteiger partial charge in [-0.05, 0) is 57.5 Å². The van der Waals surface area contributed by atoms with Gasteiger partial charge in [0.2, 0.25) is 0 Å². The predicted molar refractivity (Wildman–Crippen MR) is 79.0 cm³/mol. The highest BCUT2D eigenvalue weighted by molar-refractivity contribution is 5.96. The van der Waals surface area contributed by atoms with E-state index in [9.17, 15) is 9.59 Å². The van der Waals surface area contributed by atoms with Gasteiger partial charge in [-0.15, -0.1) is 0 Å². The molecule has 0 aromatic rings. The molecular weight excluding hydrogens is 308 g/mol. The van der Waals surface area contributed by atoms with Crippen molar-refractivity contribution >= 4 is 11.9 Å². The largest absolute Gasteiger partial charge is 0.372 e. The van der Waals surface area contributed by atoms with Crippen LogP contribution < -0.4 is 0 Å². The lowest BCUT2D eigenvalue weighted by atomic mass is 10.0. The molecule has 8 heteroatoms. The van der Waals surface area contributed by atoms with Crippen molar-refractivity contribution in [2.75, 3.05) is 0 Å². The molecule has 0 atom stereocenters. The summed E-state index contributed by atoms with van der Waals surface area (Å²) >= 11 is 0. The first-order valence-electron chi connectivity index (χ1n) is 7.16. The number of hydrogen-bond donors (Lipinski definition) is 0. The Kier molecular flexibility index (Phi) is 8.39. The third-order valence-electron chi connectivity index (χ3n) is 1.92. The summed E-state index contributed by atoms with van der Waals surface area (Å²) in [6.45, 7) is 13.6. The first kappa shape index (κ1) is 21.5. The molecule has 0 aromatic carbocycles. The van der Waals surface area contributed by atoms with Crippen LogP contribution >= 0.6 is 0 Å². The normalized spacial score (nSPS) is 13.2. The number of carbonyl (C=O) groups is 2. The van der Waals surface area contributed by atoms with Crippen LogP contribution in [-0.4, -0.2) is 23.1 Å². The van der Waals surface area contributed by atoms with Gasteiger partial charge in [0, 0.05) is 6.08 Å². The molecule has 0 bridgehead atoms. The molecule has 0 rings (SSSR count). The topological polar surface area (TPSA) is 89.5 Å². The minimum Gasteiger partial charge on any atom is -0.264 e. The minimum absolute atomic E-state index is 0.0202. The Morgan fingerprint density at radius 1 is 0.826 bits per heavy atom. The fraction of sp³-hybridized carbons (Fsp3) is 0.733. The molecule has 0 saturated heterocycles. The Morgan fingerprint density at radius 2 is 1.26 bits per heavy atom. The van der Waals surface area contributed by atoms with E-state index >= 15 is 0 Å². The highest BCUT2D eigenvalue weighted by Gasteiger charge is 2.21. The van der Waals surface area contributed by atoms with E-state index in [1.165, 1.54) is 0 Å². The number of hydrogen-bond acceptors (Lipinski definition) is 8. The summed E-state index contributed by atoms with van der Waals surface area (Å²) in [5.74, 6) is -2.12. The number of rotatable bonds is 7. The van der Waals surface area contributed by atoms with E-state index in [0.717, 1.165) is 6.08 Å². The lowest BCUT2D eigenvalue weighted by molar-refractivity contribution is -0.514. The maximum Gasteiger partial charge on any atom is 0.372 e. The molecule has 23 heavy (non-hydrogen) atoms. The highest BCUT2D eigenvalue weighted by Crippen LogP contribution is 2.14. The molecule has 0 heterocycles. The van der Waals surface area contributed by atoms with Crippen LogP contribution in [-0.2, 0) is 39.2 Å². The predicted octanol–water partition coefficient (Wildman–Crippen LogP) is 2.98. The van der Waals surface area contributed by atoms with Gasteiger partial charge in [0.05, 0.1) is 16.8 Å². The van der Waals surface area contributed by atoms with Gasteiger partial charge in [0.25, 0.3) is 0 Å². The summed E-state index contributed by atoms with van der Waals surface area (Å²) < 4.78 is 0. The molecule has 0 radical (unpaired) electrons. The average Bonchev–Trinajstić information content (AvgIpc) is 2.32. The first-order chi connectivity index (χ1) is 10.3. The van der Waals surface area contributed by atoms with Gasteiger partial charge in [0.15, 0.2) is 0 Å². The van der Waals surface area contributed by atoms with Gasteiger partial charge in [-0.2, -0.15) is 9.78 Å². The maximum absolute atomic E-state index is 11.9. The molecule has 0 aliphatic carbocycles. The van der Waals surface area contributed by atoms with E-state index in [1.807, 2.05) is 0 Å². The third-order valence-corrected chi connectivity index (χ3v) is 1.92. The van der Waals surface area contributed by atoms with Gasteiger partial charge >= 0.3 is 11.9 Å². The zero-order valence-electron chi connectivity index (χ0n) is 14.9. The van der Waals surface area contributed by atoms with Crippen molar-refractivity contribution in [1.29, 1.82) is 0 Å². The minimum atomic E-state index is -0.924. The molecule has 0 unspecified atom stereocenters. The molecular formula is C15H26O8. The van der Waals surface area contributed by atoms with Crippen molar-refractivity contribution in [2.45, 2.75) is 66.6 Å². The zero-order chi connectivity index (χ0) is 18.3. The third kappa shape index (κ3) is 11.7. The fourth-order valence-electron chi connectivity index (χ4n) is 0.963. The van der Waals surface area contributed by atoms with Crippen LogP contribution in [0.1, 0.15) is 55.4 Å². The van der Waals surface area contributed by atoms with Crippen molar-refractivity contribution in [3.05, 3.63) is 11.6 Å². The number of carbonyl (C=O) groups excluding carboxylic acids is 2. The Labute approximate surface area is 136 Å². The summed E-state index contributed by atoms with van der Waals surface area (Å²) in [6.07, 6.45) is 0.930. The fourth-order valence-corrected chi connectivity index (χ4v) is 0.963. The van der Waals surface area contributed by atoms with E-state index in [1.54, 1.807) is 55.4 Å². The Balaban J connectivity index is 4.58. The molecule has 8 nitrogen and oxygen atoms in total. The van der Waals surface area contributed by atoms with Crippen molar-refractivity contribution in [3.8, 4) is 0 Å². The van der Waals surface area contributed by atoms with Gasteiger partial charge in [-0.1, -0.05) is 13.8 Å². The highest BCUT2D eigenvalue weighted by atomic mass is 17.5. The van der Waals surface area contributed by atoms with E-state index in [-0.39, 0.29) is 11.5 Å². The second-order valence-corrected chi connectivity index (χ2v) is 7.06. The summed E-state index contributed by atoms with van der Waals surface area (Å²) in [7, 11) is 0. The first-order valence-corrected chi connectivity index (χ1v) is 7.16. The lowest BCUT2D eigenvalue weighted by Crippen LogP contribution is -2.23. The monoisotopic (exact) mass is 334 g/mol. The summed E-state index contributed by atoms with van der Waals surface area (Å²) in [6, 6.07) is 0. The van der Waals surface area contributed by atoms with Crippen LogP contribution in [0.4, 0.5) is 0 Å². The molecule has 0 aliphatic rings. The second-order valence-electron chi connectivity index (χ2n) is 7.06. The second kappa shape index (κ2) is 8.97. The molecule has 0 aromatic heterocycles. The smallest absolute Gasteiger partial charge is 0.264 e. The van der Waals surface area contributed by atoms with Crippen LogP contribution in [0.25, 0.3) is 0 Å². The molecule has 0 spiro atoms. The van der Waals surface area contributed by atoms with Crippen molar-refractivity contribution in [2.24, 2.45) is 5.92 Å². The Morgan fingerprint density at radius 3 is 1.65 bits per heavy atom. The zero-order valence-corrected chi connectivity index (χ0v) is 14.9. The molecule has 0 aliphatic heterocycles. The molecule has 0 amide bonds. The van der Waals surface area contributed by atoms with E-state index in [2.05, 4.69) is 19.9 Å². The Bertz CT molecular complexity index is 426. The van der Waals surface area contributed by atoms with Crippen LogP contribution in [0.5, 0.6) is 0 Å². The summed E-state index contributed by atoms with van der Waals surface area (Å²) in [5, 5.41) is 8.74. The van der Waals surface area contributed by atoms with Gasteiger partial charge in [-0.3, -0.25) is 9.78 Å². The summed E-state index contributed by atoms with van der Waals surface area (Å²) in [5.41, 5.74) is -1.28. The molecule has 0 fully saturated rings. The standard InChI is InChI=1S/C15H26O8/c1-10(2)11(13(17)19-23-21-15(6,7)8)9-12(16)18-22-20-14(3,4)5/h9-10H,1-8H3/b11-9+.